The van der Waals surface area contributed by atoms with E-state index in [1.807, 2.05) is 0 Å². The Labute approximate surface area is 118 Å². The molecule has 2 rings (SSSR count). The lowest BCUT2D eigenvalue weighted by atomic mass is 10.0. The van der Waals surface area contributed by atoms with Crippen molar-refractivity contribution in [3.05, 3.63) is 24.0 Å². The van der Waals surface area contributed by atoms with E-state index in [2.05, 4.69) is 9.71 Å². The van der Waals surface area contributed by atoms with Gasteiger partial charge in [0.15, 0.2) is 0 Å². The van der Waals surface area contributed by atoms with Gasteiger partial charge in [0.25, 0.3) is 0 Å². The van der Waals surface area contributed by atoms with E-state index in [1.165, 1.54) is 12.3 Å². The molecule has 112 valence electrons. The van der Waals surface area contributed by atoms with Crippen LogP contribution in [0.2, 0.25) is 0 Å². The number of hydrogen-bond donors (Lipinski definition) is 2. The minimum atomic E-state index is -3.67. The van der Waals surface area contributed by atoms with Crippen molar-refractivity contribution >= 4 is 10.0 Å². The molecular weight excluding hydrogens is 282 g/mol. The normalized spacial score (nSPS) is 23.1. The van der Waals surface area contributed by atoms with Crippen LogP contribution in [-0.2, 0) is 26.0 Å². The number of nitrogens with zero attached hydrogens (tertiary/aromatic N) is 1. The predicted octanol–water partition coefficient (Wildman–Crippen LogP) is -0.376. The first-order valence-electron chi connectivity index (χ1n) is 6.29. The average molecular weight is 301 g/mol. The molecule has 20 heavy (non-hydrogen) atoms. The summed E-state index contributed by atoms with van der Waals surface area (Å²) in [5.74, 6) is 0. The number of aromatic nitrogens is 1. The standard InChI is InChI=1S/C12H19N3O4S/c1-18-12(4-6-19-9-12)8-15-20(16,17)11-3-2-5-14-10(11)7-13/h2-3,5,15H,4,6-9,13H2,1H3. The van der Waals surface area contributed by atoms with Gasteiger partial charge in [-0.3, -0.25) is 4.98 Å². The molecule has 1 unspecified atom stereocenters. The van der Waals surface area contributed by atoms with Crippen LogP contribution in [-0.4, -0.2) is 45.9 Å². The van der Waals surface area contributed by atoms with Crippen molar-refractivity contribution in [3.8, 4) is 0 Å². The van der Waals surface area contributed by atoms with Crippen LogP contribution >= 0.6 is 0 Å². The van der Waals surface area contributed by atoms with Crippen LogP contribution in [0.3, 0.4) is 0 Å². The quantitative estimate of drug-likeness (QED) is 0.742. The molecule has 3 N–H and O–H groups in total. The van der Waals surface area contributed by atoms with E-state index in [9.17, 15) is 8.42 Å². The van der Waals surface area contributed by atoms with E-state index >= 15 is 0 Å². The van der Waals surface area contributed by atoms with Crippen LogP contribution in [0.15, 0.2) is 23.2 Å². The molecule has 1 aliphatic rings. The van der Waals surface area contributed by atoms with E-state index in [0.717, 1.165) is 0 Å². The maximum atomic E-state index is 12.3. The Morgan fingerprint density at radius 2 is 2.40 bits per heavy atom. The first-order chi connectivity index (χ1) is 9.53. The number of rotatable bonds is 6. The molecule has 2 heterocycles. The number of nitrogens with one attached hydrogen (secondary N) is 1. The molecule has 7 nitrogen and oxygen atoms in total. The molecule has 0 amide bonds. The van der Waals surface area contributed by atoms with Gasteiger partial charge in [-0.1, -0.05) is 0 Å². The topological polar surface area (TPSA) is 104 Å². The molecule has 0 aliphatic carbocycles. The van der Waals surface area contributed by atoms with Crippen LogP contribution in [0.5, 0.6) is 0 Å². The number of methoxy groups -OCH3 is 1. The second-order valence-corrected chi connectivity index (χ2v) is 6.40. The third-order valence-electron chi connectivity index (χ3n) is 3.42. The molecule has 8 heteroatoms. The monoisotopic (exact) mass is 301 g/mol. The van der Waals surface area contributed by atoms with Gasteiger partial charge in [-0.15, -0.1) is 0 Å². The summed E-state index contributed by atoms with van der Waals surface area (Å²) >= 11 is 0. The van der Waals surface area contributed by atoms with Gasteiger partial charge >= 0.3 is 0 Å². The van der Waals surface area contributed by atoms with Crippen LogP contribution in [0.1, 0.15) is 12.1 Å². The minimum absolute atomic E-state index is 0.0651. The lowest BCUT2D eigenvalue weighted by molar-refractivity contribution is -0.0120. The van der Waals surface area contributed by atoms with Crippen LogP contribution in [0.25, 0.3) is 0 Å². The fourth-order valence-corrected chi connectivity index (χ4v) is 3.40. The van der Waals surface area contributed by atoms with Crippen molar-refractivity contribution in [3.63, 3.8) is 0 Å². The number of hydrogen-bond acceptors (Lipinski definition) is 6. The molecular formula is C12H19N3O4S. The summed E-state index contributed by atoms with van der Waals surface area (Å²) in [5, 5.41) is 0. The maximum absolute atomic E-state index is 12.3. The maximum Gasteiger partial charge on any atom is 0.242 e. The van der Waals surface area contributed by atoms with E-state index in [0.29, 0.717) is 25.3 Å². The van der Waals surface area contributed by atoms with E-state index in [4.69, 9.17) is 15.2 Å². The summed E-state index contributed by atoms with van der Waals surface area (Å²) < 4.78 is 37.9. The van der Waals surface area contributed by atoms with Gasteiger partial charge in [0.2, 0.25) is 10.0 Å². The first-order valence-corrected chi connectivity index (χ1v) is 7.78. The Morgan fingerprint density at radius 3 is 3.00 bits per heavy atom. The Balaban J connectivity index is 2.15. The predicted molar refractivity (Wildman–Crippen MR) is 72.5 cm³/mol. The zero-order valence-corrected chi connectivity index (χ0v) is 12.1. The van der Waals surface area contributed by atoms with Gasteiger partial charge in [-0.2, -0.15) is 0 Å². The smallest absolute Gasteiger partial charge is 0.242 e. The largest absolute Gasteiger partial charge is 0.378 e. The van der Waals surface area contributed by atoms with Crippen molar-refractivity contribution in [2.24, 2.45) is 5.73 Å². The number of ether oxygens (including phenoxy) is 2. The number of nitrogens with two attached hydrogens (primary N) is 1. The summed E-state index contributed by atoms with van der Waals surface area (Å²) in [5.41, 5.74) is 5.26. The van der Waals surface area contributed by atoms with Crippen LogP contribution in [0, 0.1) is 0 Å². The lowest BCUT2D eigenvalue weighted by Gasteiger charge is -2.25. The molecule has 0 spiro atoms. The van der Waals surface area contributed by atoms with Crippen LogP contribution in [0.4, 0.5) is 0 Å². The highest BCUT2D eigenvalue weighted by Gasteiger charge is 2.36. The minimum Gasteiger partial charge on any atom is -0.378 e. The first kappa shape index (κ1) is 15.3. The van der Waals surface area contributed by atoms with Crippen molar-refractivity contribution in [2.75, 3.05) is 26.9 Å². The molecule has 1 aromatic rings. The van der Waals surface area contributed by atoms with Gasteiger partial charge in [-0.25, -0.2) is 13.1 Å². The third-order valence-corrected chi connectivity index (χ3v) is 4.89. The fourth-order valence-electron chi connectivity index (χ4n) is 2.09. The van der Waals surface area contributed by atoms with E-state index < -0.39 is 15.6 Å². The second-order valence-electron chi connectivity index (χ2n) is 4.67. The summed E-state index contributed by atoms with van der Waals surface area (Å²) in [6.45, 7) is 1.17. The average Bonchev–Trinajstić information content (AvgIpc) is 2.95. The van der Waals surface area contributed by atoms with E-state index in [1.54, 1.807) is 13.2 Å². The molecule has 0 radical (unpaired) electrons. The molecule has 1 aliphatic heterocycles. The molecule has 0 saturated carbocycles. The Kier molecular flexibility index (Phi) is 4.71. The van der Waals surface area contributed by atoms with Gasteiger partial charge in [0.1, 0.15) is 10.5 Å². The Bertz CT molecular complexity index is 556. The summed E-state index contributed by atoms with van der Waals surface area (Å²) in [7, 11) is -2.11. The number of sulfonamides is 1. The molecule has 1 saturated heterocycles. The highest BCUT2D eigenvalue weighted by molar-refractivity contribution is 7.89. The van der Waals surface area contributed by atoms with Crippen molar-refractivity contribution < 1.29 is 17.9 Å². The third kappa shape index (κ3) is 3.15. The van der Waals surface area contributed by atoms with Gasteiger partial charge in [0.05, 0.1) is 12.3 Å². The van der Waals surface area contributed by atoms with Gasteiger partial charge < -0.3 is 15.2 Å². The Hall–Kier alpha value is -1.06. The van der Waals surface area contributed by atoms with E-state index in [-0.39, 0.29) is 18.0 Å². The van der Waals surface area contributed by atoms with Crippen molar-refractivity contribution in [1.29, 1.82) is 0 Å². The molecule has 0 bridgehead atoms. The molecule has 1 aromatic heterocycles. The lowest BCUT2D eigenvalue weighted by Crippen LogP contribution is -2.45. The zero-order chi connectivity index (χ0) is 14.6. The second kappa shape index (κ2) is 6.15. The highest BCUT2D eigenvalue weighted by atomic mass is 32.2. The molecule has 1 fully saturated rings. The fraction of sp³-hybridized carbons (Fsp3) is 0.583. The highest BCUT2D eigenvalue weighted by Crippen LogP contribution is 2.22. The molecule has 1 atom stereocenters. The van der Waals surface area contributed by atoms with Crippen molar-refractivity contribution in [2.45, 2.75) is 23.5 Å². The van der Waals surface area contributed by atoms with Crippen molar-refractivity contribution in [1.82, 2.24) is 9.71 Å². The number of pyridine rings is 1. The van der Waals surface area contributed by atoms with Gasteiger partial charge in [-0.05, 0) is 12.1 Å². The molecule has 0 aromatic carbocycles. The summed E-state index contributed by atoms with van der Waals surface area (Å²) in [6, 6.07) is 3.06. The SMILES string of the molecule is COC1(CNS(=O)(=O)c2cccnc2CN)CCOC1. The summed E-state index contributed by atoms with van der Waals surface area (Å²) in [6.07, 6.45) is 2.17. The zero-order valence-electron chi connectivity index (χ0n) is 11.3. The summed E-state index contributed by atoms with van der Waals surface area (Å²) in [4.78, 5) is 4.08. The van der Waals surface area contributed by atoms with Gasteiger partial charge in [0, 0.05) is 39.4 Å². The van der Waals surface area contributed by atoms with Crippen LogP contribution < -0.4 is 10.5 Å². The Morgan fingerprint density at radius 1 is 1.60 bits per heavy atom.